The van der Waals surface area contributed by atoms with Crippen LogP contribution in [0.15, 0.2) is 127 Å². The van der Waals surface area contributed by atoms with Crippen molar-refractivity contribution < 1.29 is 28.6 Å². The molecule has 7 unspecified atom stereocenters. The Labute approximate surface area is 866 Å². The SMILES string of the molecule is CC(CSC(CCCCCCCCCOC(=O)Nc1ccc(Cc2ccc(NC(=O)OCCCCCCCCCC(CSSCCSSC(CCCCCCCCOC(=O)Nc3ccccc3)C(C)(SSS)c3cccc(C(C)(CSSS)SSS)c3)SSS)cc2)cc1)CSSSSSSS)(SS)c1cccc(C(C)(CSSS)SSSSS)c1. The molecule has 0 spiro atoms. The van der Waals surface area contributed by atoms with Crippen LogP contribution in [0.1, 0.15) is 209 Å². The maximum atomic E-state index is 12.7. The van der Waals surface area contributed by atoms with Crippen molar-refractivity contribution in [2.45, 2.75) is 217 Å². The molecular weight excluding hydrogens is 2170 g/mol. The summed E-state index contributed by atoms with van der Waals surface area (Å²) in [7, 11) is 44.0. The van der Waals surface area contributed by atoms with Gasteiger partial charge in [-0.15, -0.1) is 11.7 Å². The number of hydrogen-bond acceptors (Lipinski definition) is 40. The van der Waals surface area contributed by atoms with Gasteiger partial charge in [-0.3, -0.25) is 16.0 Å². The molecule has 3 N–H and O–H groups in total. The standard InChI is InChI=1S/C78H115N3O6S34/c1-75(105-88,62-30-28-31-63(53-62)77(3,59-102-110-90)107-117-118-114-94)57-96-69(55-100-116-120-121-119-115-95)36-22-13-7-5-10-16-25-48-86-73(83)80-67-43-39-60(40-44-67)52-61-41-45-68(46-42-61)81-74(84)87-49-26-17-11-6-8-14-23-37-70(103-111-91)56-99-97-50-51-98-104-71(38-24-15-9-12-18-27-47-85-72(82)79-66-34-20-19-21-35-66)78(4,108-113-93)65-33-29-32-64(54-65)76(2,106-112-92)58-101-109-89/h19-21,28-35,39-46,53-54,69-71,88-95H,5-18,22-27,36-38,47-52,55-59H2,1-4H3,(H,79,82)(H,80,83)(H,81,84). The van der Waals surface area contributed by atoms with Gasteiger partial charge in [-0.2, -0.15) is 11.8 Å². The van der Waals surface area contributed by atoms with E-state index in [2.05, 4.69) is 185 Å². The Morgan fingerprint density at radius 3 is 1.27 bits per heavy atom. The van der Waals surface area contributed by atoms with Gasteiger partial charge in [-0.1, -0.05) is 411 Å². The number of thioether (sulfide) groups is 1. The molecule has 5 aromatic carbocycles. The van der Waals surface area contributed by atoms with Crippen molar-refractivity contribution in [1.82, 2.24) is 0 Å². The summed E-state index contributed by atoms with van der Waals surface area (Å²) in [5.41, 5.74) is 9.64. The topological polar surface area (TPSA) is 115 Å². The van der Waals surface area contributed by atoms with E-state index >= 15 is 0 Å². The van der Waals surface area contributed by atoms with Crippen LogP contribution in [-0.4, -0.2) is 94.1 Å². The average molecular weight is 2280 g/mol. The molecule has 0 heterocycles. The first-order chi connectivity index (χ1) is 58.9. The molecule has 0 aliphatic carbocycles. The number of nitrogens with one attached hydrogen (secondary N) is 3. The Balaban J connectivity index is 0.899. The Bertz CT molecular complexity index is 3490. The van der Waals surface area contributed by atoms with E-state index in [1.54, 1.807) is 102 Å². The van der Waals surface area contributed by atoms with Crippen LogP contribution >= 0.6 is 362 Å². The Kier molecular flexibility index (Phi) is 72.6. The molecule has 43 heteroatoms. The number of benzene rings is 5. The van der Waals surface area contributed by atoms with Crippen LogP contribution in [0, 0.1) is 0 Å². The predicted octanol–water partition coefficient (Wildman–Crippen LogP) is 38.5. The average Bonchev–Trinajstić information content (AvgIpc) is 0.789. The van der Waals surface area contributed by atoms with Crippen LogP contribution in [0.3, 0.4) is 0 Å². The van der Waals surface area contributed by atoms with Gasteiger partial charge in [0.2, 0.25) is 0 Å². The molecule has 0 aromatic heterocycles. The molecule has 682 valence electrons. The lowest BCUT2D eigenvalue weighted by Gasteiger charge is -2.37. The minimum Gasteiger partial charge on any atom is -0.449 e. The smallest absolute Gasteiger partial charge is 0.411 e. The molecule has 121 heavy (non-hydrogen) atoms. The molecule has 0 bridgehead atoms. The highest BCUT2D eigenvalue weighted by molar-refractivity contribution is 9.45. The quantitative estimate of drug-likeness (QED) is 0.00785. The number of hydrogen-bond donors (Lipinski definition) is 11. The number of thiol groups is 8. The first-order valence-corrected chi connectivity index (χ1v) is 78.2. The first-order valence-electron chi connectivity index (χ1n) is 39.4. The van der Waals surface area contributed by atoms with Crippen LogP contribution in [0.2, 0.25) is 0 Å². The number of carbonyl (C=O) groups is 3. The second kappa shape index (κ2) is 74.9. The number of anilines is 3. The molecule has 0 fully saturated rings. The largest absolute Gasteiger partial charge is 0.449 e. The third-order valence-corrected chi connectivity index (χ3v) is 61.5. The first kappa shape index (κ1) is 117. The van der Waals surface area contributed by atoms with Crippen LogP contribution in [0.4, 0.5) is 31.4 Å². The van der Waals surface area contributed by atoms with Crippen LogP contribution in [0.25, 0.3) is 0 Å². The number of rotatable bonds is 74. The van der Waals surface area contributed by atoms with Crippen molar-refractivity contribution in [3.8, 4) is 0 Å². The Hall–Kier alpha value is 5.81. The van der Waals surface area contributed by atoms with E-state index in [4.69, 9.17) is 37.5 Å². The third kappa shape index (κ3) is 52.4. The summed E-state index contributed by atoms with van der Waals surface area (Å²) >= 11 is 38.4. The zero-order valence-corrected chi connectivity index (χ0v) is 96.4. The van der Waals surface area contributed by atoms with Crippen LogP contribution in [-0.2, 0) is 39.6 Å². The molecule has 7 atom stereocenters. The van der Waals surface area contributed by atoms with Gasteiger partial charge < -0.3 is 14.2 Å². The monoisotopic (exact) mass is 2280 g/mol. The summed E-state index contributed by atoms with van der Waals surface area (Å²) in [5, 5.41) is 10.0. The number of unbranched alkanes of at least 4 members (excludes halogenated alkanes) is 17. The summed E-state index contributed by atoms with van der Waals surface area (Å²) in [5.74, 6) is 7.21. The summed E-state index contributed by atoms with van der Waals surface area (Å²) in [6.07, 6.45) is 25.2. The Morgan fingerprint density at radius 1 is 0.347 bits per heavy atom. The molecule has 5 aromatic rings. The van der Waals surface area contributed by atoms with E-state index in [1.807, 2.05) is 174 Å². The fraction of sp³-hybridized carbons (Fsp3) is 0.577. The minimum absolute atomic E-state index is 0.0886. The third-order valence-electron chi connectivity index (χ3n) is 19.1. The maximum absolute atomic E-state index is 12.7. The number of para-hydroxylation sites is 1. The molecule has 0 radical (unpaired) electrons. The zero-order chi connectivity index (χ0) is 87.2. The summed E-state index contributed by atoms with van der Waals surface area (Å²) in [4.78, 5) is 37.7. The van der Waals surface area contributed by atoms with Crippen molar-refractivity contribution in [3.05, 3.63) is 161 Å². The zero-order valence-electron chi connectivity index (χ0n) is 68.0. The van der Waals surface area contributed by atoms with Gasteiger partial charge in [0.05, 0.1) is 38.8 Å². The lowest BCUT2D eigenvalue weighted by Crippen LogP contribution is -2.31. The molecule has 0 aliphatic heterocycles. The van der Waals surface area contributed by atoms with Gasteiger partial charge in [0.15, 0.2) is 0 Å². The van der Waals surface area contributed by atoms with Crippen LogP contribution in [0.5, 0.6) is 0 Å². The summed E-state index contributed by atoms with van der Waals surface area (Å²) in [6, 6.07) is 43.6. The molecular formula is C78H115N3O6S34. The van der Waals surface area contributed by atoms with E-state index < -0.39 is 18.3 Å². The predicted molar refractivity (Wildman–Crippen MR) is 630 cm³/mol. The second-order valence-electron chi connectivity index (χ2n) is 28.4. The second-order valence-corrected chi connectivity index (χ2v) is 70.6. The van der Waals surface area contributed by atoms with Gasteiger partial charge in [-0.25, -0.2) is 14.4 Å². The number of carbonyl (C=O) groups excluding carboxylic acids is 3. The van der Waals surface area contributed by atoms with Gasteiger partial charge in [0.1, 0.15) is 0 Å². The van der Waals surface area contributed by atoms with Crippen molar-refractivity contribution >= 4 is 398 Å². The van der Waals surface area contributed by atoms with E-state index in [0.717, 1.165) is 134 Å². The number of ether oxygens (including phenoxy) is 3. The van der Waals surface area contributed by atoms with Gasteiger partial charge in [0, 0.05) is 73.1 Å². The maximum Gasteiger partial charge on any atom is 0.411 e. The highest BCUT2D eigenvalue weighted by Gasteiger charge is 2.40. The van der Waals surface area contributed by atoms with Gasteiger partial charge in [-0.05, 0) is 270 Å². The minimum atomic E-state index is -0.432. The fourth-order valence-electron chi connectivity index (χ4n) is 12.3. The summed E-state index contributed by atoms with van der Waals surface area (Å²) in [6.45, 7) is 10.7. The lowest BCUT2D eigenvalue weighted by atomic mass is 9.89. The normalized spacial score (nSPS) is 14.4. The van der Waals surface area contributed by atoms with Crippen LogP contribution < -0.4 is 16.0 Å². The van der Waals surface area contributed by atoms with E-state index in [1.165, 1.54) is 142 Å². The van der Waals surface area contributed by atoms with Crippen molar-refractivity contribution in [1.29, 1.82) is 0 Å². The molecule has 0 aliphatic rings. The highest BCUT2D eigenvalue weighted by Crippen LogP contribution is 2.59. The molecule has 9 nitrogen and oxygen atoms in total. The van der Waals surface area contributed by atoms with Crippen molar-refractivity contribution in [2.75, 3.05) is 76.0 Å². The van der Waals surface area contributed by atoms with E-state index in [-0.39, 0.29) is 19.0 Å². The number of amides is 3. The van der Waals surface area contributed by atoms with E-state index in [9.17, 15) is 14.4 Å². The Morgan fingerprint density at radius 2 is 0.777 bits per heavy atom. The fourth-order valence-corrected chi connectivity index (χ4v) is 55.1. The van der Waals surface area contributed by atoms with Crippen molar-refractivity contribution in [2.24, 2.45) is 0 Å². The highest BCUT2D eigenvalue weighted by atomic mass is 33.9. The lowest BCUT2D eigenvalue weighted by molar-refractivity contribution is 0.158. The van der Waals surface area contributed by atoms with Gasteiger partial charge in [0.25, 0.3) is 0 Å². The van der Waals surface area contributed by atoms with E-state index in [0.29, 0.717) is 53.4 Å². The molecule has 0 saturated carbocycles. The van der Waals surface area contributed by atoms with Crippen molar-refractivity contribution in [3.63, 3.8) is 0 Å². The molecule has 3 amide bonds. The van der Waals surface area contributed by atoms with Gasteiger partial charge >= 0.3 is 18.3 Å². The molecule has 5 rings (SSSR count). The molecule has 0 saturated heterocycles. The summed E-state index contributed by atoms with van der Waals surface area (Å²) < 4.78 is 16.0.